The van der Waals surface area contributed by atoms with Crippen LogP contribution in [0.15, 0.2) is 30.3 Å². The van der Waals surface area contributed by atoms with Crippen molar-refractivity contribution in [2.75, 3.05) is 0 Å². The topological polar surface area (TPSA) is 52.0 Å². The molecule has 2 fully saturated rings. The lowest BCUT2D eigenvalue weighted by atomic mass is 9.82. The van der Waals surface area contributed by atoms with Gasteiger partial charge in [0.25, 0.3) is 0 Å². The van der Waals surface area contributed by atoms with Gasteiger partial charge in [0.05, 0.1) is 15.9 Å². The second-order valence-electron chi connectivity index (χ2n) is 10.4. The van der Waals surface area contributed by atoms with Crippen molar-refractivity contribution in [1.82, 2.24) is 9.55 Å². The standard InChI is InChI=1S/C29H36N2O2S/c1-3-26(32)22-13-14-25-24(18-22)30-29(21-9-5-4-6-10-21)31(25)23-11-7-8-20(16-23)17-27(33)28-15-12-19(2)34-28/h12-15,18,20-21,23H,3-11,16-17H2,1-2H3/t20-,23+/m1/s1. The van der Waals surface area contributed by atoms with Crippen LogP contribution in [0.2, 0.25) is 0 Å². The minimum atomic E-state index is 0.177. The minimum Gasteiger partial charge on any atom is -0.325 e. The van der Waals surface area contributed by atoms with E-state index in [1.54, 1.807) is 11.3 Å². The summed E-state index contributed by atoms with van der Waals surface area (Å²) in [6.45, 7) is 3.98. The van der Waals surface area contributed by atoms with E-state index in [0.717, 1.165) is 41.6 Å². The number of ketones is 2. The van der Waals surface area contributed by atoms with Gasteiger partial charge in [-0.25, -0.2) is 4.98 Å². The fraction of sp³-hybridized carbons (Fsp3) is 0.552. The molecular weight excluding hydrogens is 440 g/mol. The van der Waals surface area contributed by atoms with Crippen LogP contribution in [0.3, 0.4) is 0 Å². The molecule has 0 unspecified atom stereocenters. The molecule has 3 aromatic rings. The van der Waals surface area contributed by atoms with Gasteiger partial charge < -0.3 is 4.57 Å². The summed E-state index contributed by atoms with van der Waals surface area (Å²) in [5, 5.41) is 0. The zero-order valence-electron chi connectivity index (χ0n) is 20.5. The van der Waals surface area contributed by atoms with E-state index >= 15 is 0 Å². The molecule has 1 aromatic carbocycles. The lowest BCUT2D eigenvalue weighted by Gasteiger charge is -2.33. The first-order valence-corrected chi connectivity index (χ1v) is 14.0. The van der Waals surface area contributed by atoms with Crippen molar-refractivity contribution < 1.29 is 9.59 Å². The molecule has 5 rings (SSSR count). The molecule has 2 saturated carbocycles. The molecule has 5 heteroatoms. The number of benzene rings is 1. The van der Waals surface area contributed by atoms with Crippen LogP contribution in [0.5, 0.6) is 0 Å². The van der Waals surface area contributed by atoms with Gasteiger partial charge in [-0.1, -0.05) is 32.6 Å². The van der Waals surface area contributed by atoms with E-state index < -0.39 is 0 Å². The molecule has 2 heterocycles. The average molecular weight is 477 g/mol. The molecule has 0 bridgehead atoms. The molecular formula is C29H36N2O2S. The Bertz CT molecular complexity index is 1180. The third-order valence-electron chi connectivity index (χ3n) is 7.94. The molecule has 0 saturated heterocycles. The van der Waals surface area contributed by atoms with Crippen molar-refractivity contribution in [3.05, 3.63) is 51.5 Å². The number of carbonyl (C=O) groups excluding carboxylic acids is 2. The van der Waals surface area contributed by atoms with Gasteiger partial charge in [0.1, 0.15) is 5.82 Å². The summed E-state index contributed by atoms with van der Waals surface area (Å²) in [6, 6.07) is 10.5. The first-order chi connectivity index (χ1) is 16.5. The zero-order valence-corrected chi connectivity index (χ0v) is 21.3. The van der Waals surface area contributed by atoms with Crippen molar-refractivity contribution >= 4 is 33.9 Å². The number of thiophene rings is 1. The summed E-state index contributed by atoms with van der Waals surface area (Å²) >= 11 is 1.62. The maximum absolute atomic E-state index is 12.9. The molecule has 2 aliphatic rings. The molecule has 2 aromatic heterocycles. The predicted octanol–water partition coefficient (Wildman–Crippen LogP) is 8.05. The summed E-state index contributed by atoms with van der Waals surface area (Å²) < 4.78 is 2.53. The molecule has 34 heavy (non-hydrogen) atoms. The summed E-state index contributed by atoms with van der Waals surface area (Å²) in [5.74, 6) is 2.63. The largest absolute Gasteiger partial charge is 0.325 e. The summed E-state index contributed by atoms with van der Waals surface area (Å²) in [5.41, 5.74) is 2.90. The molecule has 0 amide bonds. The van der Waals surface area contributed by atoms with Crippen LogP contribution in [0.4, 0.5) is 0 Å². The number of carbonyl (C=O) groups is 2. The Labute approximate surface area is 206 Å². The Morgan fingerprint density at radius 1 is 1.00 bits per heavy atom. The summed E-state index contributed by atoms with van der Waals surface area (Å²) in [7, 11) is 0. The van der Waals surface area contributed by atoms with Crippen LogP contribution in [0.25, 0.3) is 11.0 Å². The Kier molecular flexibility index (Phi) is 7.01. The number of Topliss-reactive ketones (excluding diaryl/α,β-unsaturated/α-hetero) is 2. The molecule has 0 spiro atoms. The highest BCUT2D eigenvalue weighted by Gasteiger charge is 2.31. The highest BCUT2D eigenvalue weighted by Crippen LogP contribution is 2.41. The van der Waals surface area contributed by atoms with E-state index in [2.05, 4.69) is 17.6 Å². The van der Waals surface area contributed by atoms with Crippen molar-refractivity contribution in [3.8, 4) is 0 Å². The van der Waals surface area contributed by atoms with E-state index in [1.165, 1.54) is 48.3 Å². The van der Waals surface area contributed by atoms with E-state index in [9.17, 15) is 9.59 Å². The van der Waals surface area contributed by atoms with Crippen molar-refractivity contribution in [3.63, 3.8) is 0 Å². The Hall–Kier alpha value is -2.27. The monoisotopic (exact) mass is 476 g/mol. The highest BCUT2D eigenvalue weighted by molar-refractivity contribution is 7.14. The van der Waals surface area contributed by atoms with Crippen LogP contribution in [-0.4, -0.2) is 21.1 Å². The maximum atomic E-state index is 12.9. The van der Waals surface area contributed by atoms with Gasteiger partial charge in [0, 0.05) is 35.2 Å². The maximum Gasteiger partial charge on any atom is 0.173 e. The number of nitrogens with zero attached hydrogens (tertiary/aromatic N) is 2. The molecule has 4 nitrogen and oxygen atoms in total. The lowest BCUT2D eigenvalue weighted by molar-refractivity contribution is 0.0943. The Morgan fingerprint density at radius 2 is 1.82 bits per heavy atom. The number of aromatic nitrogens is 2. The summed E-state index contributed by atoms with van der Waals surface area (Å²) in [6.07, 6.45) is 11.9. The number of hydrogen-bond acceptors (Lipinski definition) is 4. The van der Waals surface area contributed by atoms with Crippen LogP contribution >= 0.6 is 11.3 Å². The molecule has 0 aliphatic heterocycles. The van der Waals surface area contributed by atoms with E-state index in [1.807, 2.05) is 31.2 Å². The highest BCUT2D eigenvalue weighted by atomic mass is 32.1. The third kappa shape index (κ3) is 4.77. The van der Waals surface area contributed by atoms with Gasteiger partial charge in [0.15, 0.2) is 11.6 Å². The molecule has 2 aliphatic carbocycles. The molecule has 180 valence electrons. The number of fused-ring (bicyclic) bond motifs is 1. The van der Waals surface area contributed by atoms with Gasteiger partial charge >= 0.3 is 0 Å². The number of imidazole rings is 1. The molecule has 0 N–H and O–H groups in total. The fourth-order valence-corrected chi connectivity index (χ4v) is 6.97. The number of aryl methyl sites for hydroxylation is 1. The summed E-state index contributed by atoms with van der Waals surface area (Å²) in [4.78, 5) is 32.6. The number of hydrogen-bond donors (Lipinski definition) is 0. The Balaban J connectivity index is 1.45. The SMILES string of the molecule is CCC(=O)c1ccc2c(c1)nc(C1CCCCC1)n2[C@H]1CCC[C@@H](CC(=O)c2ccc(C)s2)C1. The second kappa shape index (κ2) is 10.2. The smallest absolute Gasteiger partial charge is 0.173 e. The van der Waals surface area contributed by atoms with Crippen LogP contribution in [0, 0.1) is 12.8 Å². The van der Waals surface area contributed by atoms with Crippen molar-refractivity contribution in [2.45, 2.75) is 96.4 Å². The van der Waals surface area contributed by atoms with Crippen molar-refractivity contribution in [2.24, 2.45) is 5.92 Å². The first-order valence-electron chi connectivity index (χ1n) is 13.2. The third-order valence-corrected chi connectivity index (χ3v) is 8.98. The molecule has 0 radical (unpaired) electrons. The Morgan fingerprint density at radius 3 is 2.56 bits per heavy atom. The predicted molar refractivity (Wildman–Crippen MR) is 139 cm³/mol. The number of rotatable bonds is 7. The van der Waals surface area contributed by atoms with Gasteiger partial charge in [-0.05, 0) is 75.3 Å². The second-order valence-corrected chi connectivity index (χ2v) is 11.7. The quantitative estimate of drug-likeness (QED) is 0.324. The van der Waals surface area contributed by atoms with Gasteiger partial charge in [0.2, 0.25) is 0 Å². The fourth-order valence-electron chi connectivity index (χ4n) is 6.16. The van der Waals surface area contributed by atoms with E-state index in [0.29, 0.717) is 36.5 Å². The lowest BCUT2D eigenvalue weighted by Crippen LogP contribution is -2.24. The van der Waals surface area contributed by atoms with Crippen LogP contribution < -0.4 is 0 Å². The van der Waals surface area contributed by atoms with Crippen molar-refractivity contribution in [1.29, 1.82) is 0 Å². The van der Waals surface area contributed by atoms with Crippen LogP contribution in [-0.2, 0) is 0 Å². The van der Waals surface area contributed by atoms with Gasteiger partial charge in [-0.15, -0.1) is 11.3 Å². The normalized spacial score (nSPS) is 21.7. The minimum absolute atomic E-state index is 0.177. The first kappa shape index (κ1) is 23.5. The average Bonchev–Trinajstić information content (AvgIpc) is 3.47. The van der Waals surface area contributed by atoms with E-state index in [4.69, 9.17) is 4.98 Å². The van der Waals surface area contributed by atoms with E-state index in [-0.39, 0.29) is 5.78 Å². The van der Waals surface area contributed by atoms with Gasteiger partial charge in [-0.3, -0.25) is 9.59 Å². The zero-order chi connectivity index (χ0) is 23.7. The van der Waals surface area contributed by atoms with Gasteiger partial charge in [-0.2, -0.15) is 0 Å². The molecule has 2 atom stereocenters. The van der Waals surface area contributed by atoms with Crippen LogP contribution in [0.1, 0.15) is 120 Å².